The van der Waals surface area contributed by atoms with Gasteiger partial charge in [-0.2, -0.15) is 10.2 Å². The molecule has 0 aromatic heterocycles. The molecule has 1 aliphatic rings. The Morgan fingerprint density at radius 1 is 1.00 bits per heavy atom. The second kappa shape index (κ2) is 13.8. The molecule has 43 heavy (non-hydrogen) atoms. The van der Waals surface area contributed by atoms with Crippen LogP contribution < -0.4 is 15.6 Å². The average Bonchev–Trinajstić information content (AvgIpc) is 3.17. The summed E-state index contributed by atoms with van der Waals surface area (Å²) in [4.78, 5) is 42.4. The monoisotopic (exact) mass is 688 g/mol. The first-order valence-electron chi connectivity index (χ1n) is 13.4. The molecular weight excluding hydrogens is 659 g/mol. The van der Waals surface area contributed by atoms with Gasteiger partial charge in [0, 0.05) is 38.9 Å². The van der Waals surface area contributed by atoms with E-state index in [0.29, 0.717) is 38.6 Å². The van der Waals surface area contributed by atoms with Gasteiger partial charge in [0.25, 0.3) is 0 Å². The van der Waals surface area contributed by atoms with Crippen molar-refractivity contribution in [1.82, 2.24) is 15.4 Å². The van der Waals surface area contributed by atoms with Crippen molar-refractivity contribution in [2.24, 2.45) is 5.10 Å². The van der Waals surface area contributed by atoms with Crippen LogP contribution in [0, 0.1) is 0 Å². The van der Waals surface area contributed by atoms with Gasteiger partial charge in [-0.1, -0.05) is 51.3 Å². The lowest BCUT2D eigenvalue weighted by molar-refractivity contribution is -0.121. The number of rotatable bonds is 9. The van der Waals surface area contributed by atoms with Crippen molar-refractivity contribution in [1.29, 1.82) is 0 Å². The molecular formula is C30H31BrCl2N6O4. The van der Waals surface area contributed by atoms with Crippen molar-refractivity contribution in [3.8, 4) is 0 Å². The lowest BCUT2D eigenvalue weighted by Gasteiger charge is -2.38. The Morgan fingerprint density at radius 2 is 1.58 bits per heavy atom. The Kier molecular flexibility index (Phi) is 10.3. The zero-order valence-corrected chi connectivity index (χ0v) is 26.8. The van der Waals surface area contributed by atoms with Crippen molar-refractivity contribution in [3.05, 3.63) is 92.9 Å². The zero-order chi connectivity index (χ0) is 31.3. The lowest BCUT2D eigenvalue weighted by atomic mass is 9.99. The molecule has 0 saturated carbocycles. The highest BCUT2D eigenvalue weighted by Crippen LogP contribution is 2.38. The molecule has 0 radical (unpaired) electrons. The third kappa shape index (κ3) is 7.66. The molecule has 0 unspecified atom stereocenters. The Balaban J connectivity index is 1.48. The number of nitrogens with one attached hydrogen (secondary N) is 2. The quantitative estimate of drug-likeness (QED) is 0.124. The maximum atomic E-state index is 13.8. The Hall–Kier alpha value is -3.64. The van der Waals surface area contributed by atoms with E-state index >= 15 is 0 Å². The largest absolute Gasteiger partial charge is 0.347 e. The number of hydroxylamine groups is 2. The molecule has 0 spiro atoms. The molecule has 1 atom stereocenters. The lowest BCUT2D eigenvalue weighted by Crippen LogP contribution is -2.58. The summed E-state index contributed by atoms with van der Waals surface area (Å²) in [7, 11) is 0. The van der Waals surface area contributed by atoms with Crippen LogP contribution >= 0.6 is 39.1 Å². The third-order valence-electron chi connectivity index (χ3n) is 7.04. The molecule has 1 saturated heterocycles. The molecule has 0 aliphatic carbocycles. The zero-order valence-electron chi connectivity index (χ0n) is 23.7. The van der Waals surface area contributed by atoms with Gasteiger partial charge in [0.05, 0.1) is 11.3 Å². The second-order valence-electron chi connectivity index (χ2n) is 10.4. The van der Waals surface area contributed by atoms with Crippen LogP contribution in [0.3, 0.4) is 0 Å². The number of carbonyl (C=O) groups is 3. The van der Waals surface area contributed by atoms with Gasteiger partial charge in [0.2, 0.25) is 5.91 Å². The van der Waals surface area contributed by atoms with Gasteiger partial charge in [-0.3, -0.25) is 14.9 Å². The van der Waals surface area contributed by atoms with Crippen molar-refractivity contribution >= 4 is 74.2 Å². The molecule has 0 bridgehead atoms. The Morgan fingerprint density at radius 3 is 2.19 bits per heavy atom. The van der Waals surface area contributed by atoms with Gasteiger partial charge in [-0.25, -0.2) is 15.0 Å². The first-order valence-corrected chi connectivity index (χ1v) is 14.9. The van der Waals surface area contributed by atoms with E-state index in [-0.39, 0.29) is 18.9 Å². The molecule has 3 aromatic rings. The predicted molar refractivity (Wildman–Crippen MR) is 172 cm³/mol. The number of urea groups is 2. The SMILES string of the molecule is C/C(=N/NC(=O)CCCN1C(=O)N(c2ccc(Cl)cc2)[C@@H](N(O)C(=O)Nc2ccc(Cl)cc2)C1(C)C)c1ccc(Br)cc1. The summed E-state index contributed by atoms with van der Waals surface area (Å²) < 4.78 is 0.941. The third-order valence-corrected chi connectivity index (χ3v) is 8.08. The molecule has 10 nitrogen and oxygen atoms in total. The van der Waals surface area contributed by atoms with Gasteiger partial charge in [0.1, 0.15) is 0 Å². The fourth-order valence-electron chi connectivity index (χ4n) is 4.76. The van der Waals surface area contributed by atoms with Crippen molar-refractivity contribution in [2.45, 2.75) is 45.3 Å². The second-order valence-corrected chi connectivity index (χ2v) is 12.2. The van der Waals surface area contributed by atoms with Crippen LogP contribution in [0.5, 0.6) is 0 Å². The summed E-state index contributed by atoms with van der Waals surface area (Å²) >= 11 is 15.4. The molecule has 3 aromatic carbocycles. The van der Waals surface area contributed by atoms with E-state index in [0.717, 1.165) is 10.0 Å². The molecule has 4 rings (SSSR count). The average molecular weight is 690 g/mol. The highest BCUT2D eigenvalue weighted by Gasteiger charge is 2.55. The fourth-order valence-corrected chi connectivity index (χ4v) is 5.28. The van der Waals surface area contributed by atoms with Crippen LogP contribution in [0.4, 0.5) is 21.0 Å². The molecule has 3 N–H and O–H groups in total. The normalized spacial score (nSPS) is 16.3. The number of nitrogens with zero attached hydrogens (tertiary/aromatic N) is 4. The molecule has 1 fully saturated rings. The minimum absolute atomic E-state index is 0.0997. The van der Waals surface area contributed by atoms with Crippen LogP contribution in [-0.4, -0.2) is 57.1 Å². The Bertz CT molecular complexity index is 1500. The number of halogens is 3. The predicted octanol–water partition coefficient (Wildman–Crippen LogP) is 7.35. The molecule has 1 aliphatic heterocycles. The number of anilines is 2. The van der Waals surface area contributed by atoms with Crippen LogP contribution in [0.1, 0.15) is 39.2 Å². The first kappa shape index (κ1) is 32.3. The van der Waals surface area contributed by atoms with Gasteiger partial charge >= 0.3 is 12.1 Å². The highest BCUT2D eigenvalue weighted by atomic mass is 79.9. The number of hydrogen-bond donors (Lipinski definition) is 3. The van der Waals surface area contributed by atoms with Crippen LogP contribution in [0.2, 0.25) is 10.0 Å². The number of benzene rings is 3. The number of hydrazone groups is 1. The molecule has 226 valence electrons. The maximum Gasteiger partial charge on any atom is 0.347 e. The van der Waals surface area contributed by atoms with Gasteiger partial charge in [-0.05, 0) is 93.4 Å². The van der Waals surface area contributed by atoms with E-state index in [4.69, 9.17) is 23.2 Å². The van der Waals surface area contributed by atoms with E-state index in [1.165, 1.54) is 9.80 Å². The van der Waals surface area contributed by atoms with E-state index in [1.807, 2.05) is 24.3 Å². The van der Waals surface area contributed by atoms with E-state index in [2.05, 4.69) is 31.8 Å². The number of amides is 5. The fraction of sp³-hybridized carbons (Fsp3) is 0.267. The summed E-state index contributed by atoms with van der Waals surface area (Å²) in [6.07, 6.45) is -0.708. The standard InChI is InChI=1S/C30H31BrCl2N6O4/c1-19(20-6-8-21(31)9-7-20)35-36-26(40)5-4-18-37-29(42)38(25-16-12-23(33)13-17-25)27(30(37,2)3)39(43)28(41)34-24-14-10-22(32)11-15-24/h6-17,27,43H,4-5,18H2,1-3H3,(H,34,41)(H,36,40)/b35-19-/t27-/m0/s1. The van der Waals surface area contributed by atoms with E-state index in [1.54, 1.807) is 69.3 Å². The topological polar surface area (TPSA) is 118 Å². The maximum absolute atomic E-state index is 13.8. The summed E-state index contributed by atoms with van der Waals surface area (Å²) in [5, 5.41) is 19.5. The van der Waals surface area contributed by atoms with E-state index in [9.17, 15) is 19.6 Å². The number of hydrogen-bond acceptors (Lipinski definition) is 5. The minimum Gasteiger partial charge on any atom is -0.315 e. The van der Waals surface area contributed by atoms with Crippen molar-refractivity contribution in [3.63, 3.8) is 0 Å². The van der Waals surface area contributed by atoms with Gasteiger partial charge in [0.15, 0.2) is 6.17 Å². The number of carbonyl (C=O) groups excluding carboxylic acids is 3. The van der Waals surface area contributed by atoms with E-state index < -0.39 is 23.8 Å². The van der Waals surface area contributed by atoms with Crippen LogP contribution in [0.25, 0.3) is 0 Å². The van der Waals surface area contributed by atoms with Crippen molar-refractivity contribution in [2.75, 3.05) is 16.8 Å². The summed E-state index contributed by atoms with van der Waals surface area (Å²) in [6, 6.07) is 19.2. The minimum atomic E-state index is -1.12. The smallest absolute Gasteiger partial charge is 0.315 e. The van der Waals surface area contributed by atoms with Crippen LogP contribution in [-0.2, 0) is 4.79 Å². The van der Waals surface area contributed by atoms with Crippen molar-refractivity contribution < 1.29 is 19.6 Å². The Labute approximate surface area is 268 Å². The van der Waals surface area contributed by atoms with Gasteiger partial charge < -0.3 is 10.2 Å². The van der Waals surface area contributed by atoms with Gasteiger partial charge in [-0.15, -0.1) is 0 Å². The highest BCUT2D eigenvalue weighted by molar-refractivity contribution is 9.10. The first-order chi connectivity index (χ1) is 20.4. The van der Waals surface area contributed by atoms with Crippen LogP contribution in [0.15, 0.2) is 82.4 Å². The summed E-state index contributed by atoms with van der Waals surface area (Å²) in [6.45, 7) is 5.47. The molecule has 13 heteroatoms. The molecule has 5 amide bonds. The molecule has 1 heterocycles. The summed E-state index contributed by atoms with van der Waals surface area (Å²) in [5.41, 5.74) is 3.86. The summed E-state index contributed by atoms with van der Waals surface area (Å²) in [5.74, 6) is -0.307.